The number of aliphatic imine (C=N–C) groups is 1. The first kappa shape index (κ1) is 25.3. The monoisotopic (exact) mass is 499 g/mol. The number of benzene rings is 1. The first-order chi connectivity index (χ1) is 17.9. The maximum absolute atomic E-state index is 14.0. The van der Waals surface area contributed by atoms with Crippen molar-refractivity contribution in [3.05, 3.63) is 54.1 Å². The van der Waals surface area contributed by atoms with Crippen LogP contribution >= 0.6 is 0 Å². The van der Waals surface area contributed by atoms with Gasteiger partial charge in [-0.1, -0.05) is 43.7 Å². The minimum absolute atomic E-state index is 0.0317. The number of nitrogens with zero attached hydrogens (tertiary/aromatic N) is 7. The highest BCUT2D eigenvalue weighted by molar-refractivity contribution is 5.95. The molecular formula is C29H37N7O. The predicted octanol–water partition coefficient (Wildman–Crippen LogP) is 4.77. The van der Waals surface area contributed by atoms with Crippen molar-refractivity contribution in [2.24, 2.45) is 10.4 Å². The Balaban J connectivity index is 1.47. The predicted molar refractivity (Wildman–Crippen MR) is 144 cm³/mol. The van der Waals surface area contributed by atoms with E-state index in [0.717, 1.165) is 51.5 Å². The molecule has 5 rings (SSSR count). The summed E-state index contributed by atoms with van der Waals surface area (Å²) < 4.78 is 0. The van der Waals surface area contributed by atoms with Gasteiger partial charge in [-0.15, -0.1) is 0 Å². The molecule has 0 bridgehead atoms. The number of nitriles is 1. The molecule has 2 aromatic rings. The van der Waals surface area contributed by atoms with Crippen molar-refractivity contribution in [1.29, 1.82) is 5.26 Å². The van der Waals surface area contributed by atoms with E-state index in [1.54, 1.807) is 12.4 Å². The summed E-state index contributed by atoms with van der Waals surface area (Å²) in [5, 5.41) is 10.0. The van der Waals surface area contributed by atoms with Gasteiger partial charge in [0, 0.05) is 12.1 Å². The van der Waals surface area contributed by atoms with Gasteiger partial charge in [0.05, 0.1) is 48.2 Å². The number of amides is 2. The molecule has 1 aromatic carbocycles. The third-order valence-corrected chi connectivity index (χ3v) is 9.28. The van der Waals surface area contributed by atoms with Gasteiger partial charge < -0.3 is 4.90 Å². The van der Waals surface area contributed by atoms with Gasteiger partial charge >= 0.3 is 6.03 Å². The molecule has 37 heavy (non-hydrogen) atoms. The molecule has 2 amide bonds. The molecule has 3 fully saturated rings. The zero-order valence-electron chi connectivity index (χ0n) is 22.1. The number of urea groups is 1. The molecule has 1 aromatic heterocycles. The maximum Gasteiger partial charge on any atom is 0.325 e. The Morgan fingerprint density at radius 3 is 2.32 bits per heavy atom. The van der Waals surface area contributed by atoms with Crippen LogP contribution < -0.4 is 4.90 Å². The van der Waals surface area contributed by atoms with Crippen molar-refractivity contribution in [3.63, 3.8) is 0 Å². The third-order valence-electron chi connectivity index (χ3n) is 9.28. The lowest BCUT2D eigenvalue weighted by Gasteiger charge is -2.53. The van der Waals surface area contributed by atoms with Crippen molar-refractivity contribution in [1.82, 2.24) is 19.8 Å². The number of hydrogen-bond donors (Lipinski definition) is 0. The number of aromatic nitrogens is 2. The van der Waals surface area contributed by atoms with Crippen LogP contribution in [-0.4, -0.2) is 64.7 Å². The van der Waals surface area contributed by atoms with Crippen LogP contribution in [0.4, 0.5) is 10.5 Å². The van der Waals surface area contributed by atoms with E-state index in [1.807, 2.05) is 4.90 Å². The minimum atomic E-state index is -0.428. The van der Waals surface area contributed by atoms with Gasteiger partial charge in [0.1, 0.15) is 5.82 Å². The molecule has 2 heterocycles. The number of carbonyl (C=O) groups is 1. The molecule has 1 saturated heterocycles. The Labute approximate surface area is 220 Å². The van der Waals surface area contributed by atoms with Crippen molar-refractivity contribution in [3.8, 4) is 6.07 Å². The van der Waals surface area contributed by atoms with Crippen molar-refractivity contribution >= 4 is 18.4 Å². The molecule has 194 valence electrons. The fourth-order valence-corrected chi connectivity index (χ4v) is 6.61. The summed E-state index contributed by atoms with van der Waals surface area (Å²) in [6, 6.07) is 13.3. The van der Waals surface area contributed by atoms with Gasteiger partial charge in [0.15, 0.2) is 0 Å². The summed E-state index contributed by atoms with van der Waals surface area (Å²) >= 11 is 0. The number of hydrogen-bond acceptors (Lipinski definition) is 6. The molecule has 1 aliphatic heterocycles. The highest BCUT2D eigenvalue weighted by Gasteiger charge is 2.57. The Kier molecular flexibility index (Phi) is 6.76. The molecule has 2 aliphatic carbocycles. The Hall–Kier alpha value is -3.31. The van der Waals surface area contributed by atoms with Gasteiger partial charge in [-0.05, 0) is 64.4 Å². The fraction of sp³-hybridized carbons (Fsp3) is 0.552. The lowest BCUT2D eigenvalue weighted by molar-refractivity contribution is 0.000798. The van der Waals surface area contributed by atoms with E-state index in [-0.39, 0.29) is 17.1 Å². The summed E-state index contributed by atoms with van der Waals surface area (Å²) in [7, 11) is 2.21. The molecule has 8 heteroatoms. The van der Waals surface area contributed by atoms with E-state index < -0.39 is 5.41 Å². The molecular weight excluding hydrogens is 462 g/mol. The van der Waals surface area contributed by atoms with E-state index in [9.17, 15) is 10.1 Å². The molecule has 0 unspecified atom stereocenters. The molecule has 2 saturated carbocycles. The van der Waals surface area contributed by atoms with Gasteiger partial charge in [0.25, 0.3) is 0 Å². The number of rotatable bonds is 8. The van der Waals surface area contributed by atoms with Gasteiger partial charge in [0.2, 0.25) is 0 Å². The molecule has 0 N–H and O–H groups in total. The highest BCUT2D eigenvalue weighted by atomic mass is 16.2. The van der Waals surface area contributed by atoms with E-state index in [2.05, 4.69) is 81.9 Å². The van der Waals surface area contributed by atoms with Crippen LogP contribution in [0, 0.1) is 16.7 Å². The first-order valence-electron chi connectivity index (χ1n) is 13.4. The van der Waals surface area contributed by atoms with Crippen LogP contribution in [0.3, 0.4) is 0 Å². The topological polar surface area (TPSA) is 88.7 Å². The zero-order valence-corrected chi connectivity index (χ0v) is 22.1. The summed E-state index contributed by atoms with van der Waals surface area (Å²) in [5.74, 6) is 0.586. The maximum atomic E-state index is 14.0. The summed E-state index contributed by atoms with van der Waals surface area (Å²) in [5.41, 5.74) is 1.24. The van der Waals surface area contributed by atoms with E-state index in [0.29, 0.717) is 31.1 Å². The molecule has 8 nitrogen and oxygen atoms in total. The standard InChI is InChI=1S/C29H37N7O/c1-4-34(3)29(23-9-6-5-7-10-23)15-13-28(14-16-29)22-35(24-17-32-25(19-31-2)33-18-24)26(37)36(28)21-27(20-30)11-8-12-27/h5-7,9-10,17-18H,2,4,8,11-16,19,21-22H2,1,3H3. The SMILES string of the molecule is C=NCc1ncc(N2CC3(CCC(c4ccccc4)(N(C)CC)CC3)N(CC3(C#N)CCC3)C2=O)cn1. The molecule has 3 aliphatic rings. The molecule has 0 radical (unpaired) electrons. The molecule has 0 atom stereocenters. The Bertz CT molecular complexity index is 1160. The van der Waals surface area contributed by atoms with Crippen molar-refractivity contribution in [2.75, 3.05) is 31.6 Å². The second-order valence-corrected chi connectivity index (χ2v) is 11.1. The average Bonchev–Trinajstić information content (AvgIpc) is 3.18. The summed E-state index contributed by atoms with van der Waals surface area (Å²) in [4.78, 5) is 33.0. The quantitative estimate of drug-likeness (QED) is 0.488. The average molecular weight is 500 g/mol. The van der Waals surface area contributed by atoms with E-state index in [1.165, 1.54) is 5.56 Å². The van der Waals surface area contributed by atoms with Crippen LogP contribution in [0.2, 0.25) is 0 Å². The van der Waals surface area contributed by atoms with Gasteiger partial charge in [-0.2, -0.15) is 5.26 Å². The van der Waals surface area contributed by atoms with E-state index in [4.69, 9.17) is 0 Å². The first-order valence-corrected chi connectivity index (χ1v) is 13.4. The molecule has 1 spiro atoms. The second-order valence-electron chi connectivity index (χ2n) is 11.1. The van der Waals surface area contributed by atoms with E-state index >= 15 is 0 Å². The smallest absolute Gasteiger partial charge is 0.315 e. The number of carbonyl (C=O) groups excluding carboxylic acids is 1. The Morgan fingerprint density at radius 1 is 1.11 bits per heavy atom. The third kappa shape index (κ3) is 4.29. The van der Waals surface area contributed by atoms with Crippen LogP contribution in [0.1, 0.15) is 63.3 Å². The van der Waals surface area contributed by atoms with Crippen LogP contribution in [0.25, 0.3) is 0 Å². The van der Waals surface area contributed by atoms with Crippen molar-refractivity contribution in [2.45, 2.75) is 69.5 Å². The largest absolute Gasteiger partial charge is 0.325 e. The second kappa shape index (κ2) is 9.86. The normalized spacial score (nSPS) is 26.8. The summed E-state index contributed by atoms with van der Waals surface area (Å²) in [6.45, 7) is 8.12. The van der Waals surface area contributed by atoms with Crippen LogP contribution in [0.5, 0.6) is 0 Å². The summed E-state index contributed by atoms with van der Waals surface area (Å²) in [6.07, 6.45) is 9.90. The van der Waals surface area contributed by atoms with Crippen molar-refractivity contribution < 1.29 is 4.79 Å². The lowest BCUT2D eigenvalue weighted by atomic mass is 9.66. The van der Waals surface area contributed by atoms with Gasteiger partial charge in [-0.25, -0.2) is 14.8 Å². The minimum Gasteiger partial charge on any atom is -0.315 e. The van der Waals surface area contributed by atoms with Crippen LogP contribution in [-0.2, 0) is 12.1 Å². The van der Waals surface area contributed by atoms with Crippen LogP contribution in [0.15, 0.2) is 47.7 Å². The highest BCUT2D eigenvalue weighted by Crippen LogP contribution is 2.52. The Morgan fingerprint density at radius 2 is 1.78 bits per heavy atom. The van der Waals surface area contributed by atoms with Gasteiger partial charge in [-0.3, -0.25) is 14.8 Å². The zero-order chi connectivity index (χ0) is 26.1. The number of anilines is 1. The lowest BCUT2D eigenvalue weighted by Crippen LogP contribution is -2.58. The fourth-order valence-electron chi connectivity index (χ4n) is 6.61.